The summed E-state index contributed by atoms with van der Waals surface area (Å²) in [6, 6.07) is 2.85. The Labute approximate surface area is 245 Å². The number of carbonyl (C=O) groups is 6. The topological polar surface area (TPSA) is 222 Å². The van der Waals surface area contributed by atoms with Crippen molar-refractivity contribution in [3.05, 3.63) is 29.3 Å². The van der Waals surface area contributed by atoms with Crippen LogP contribution in [-0.4, -0.2) is 110 Å². The van der Waals surface area contributed by atoms with Crippen LogP contribution in [0.5, 0.6) is 5.75 Å². The number of esters is 1. The third-order valence-electron chi connectivity index (χ3n) is 8.43. The molecule has 2 fully saturated rings. The summed E-state index contributed by atoms with van der Waals surface area (Å²) in [6.07, 6.45) is -4.09. The van der Waals surface area contributed by atoms with E-state index in [-0.39, 0.29) is 11.3 Å². The molecule has 0 bridgehead atoms. The predicted octanol–water partition coefficient (Wildman–Crippen LogP) is -0.660. The van der Waals surface area contributed by atoms with Gasteiger partial charge in [0, 0.05) is 17.6 Å². The summed E-state index contributed by atoms with van der Waals surface area (Å²) in [7, 11) is 2.83. The van der Waals surface area contributed by atoms with E-state index in [0.29, 0.717) is 11.3 Å². The number of Topliss-reactive ketones (excluding diaryl/α,β-unsaturated/α-hetero) is 4. The number of aromatic hydroxyl groups is 1. The highest BCUT2D eigenvalue weighted by Crippen LogP contribution is 2.56. The van der Waals surface area contributed by atoms with Gasteiger partial charge in [0.15, 0.2) is 28.7 Å². The zero-order valence-electron chi connectivity index (χ0n) is 23.3. The molecule has 3 aliphatic carbocycles. The number of phenolic OH excluding ortho intramolecular Hbond substituents is 1. The van der Waals surface area contributed by atoms with Crippen LogP contribution in [0.2, 0.25) is 0 Å². The van der Waals surface area contributed by atoms with Crippen LogP contribution in [0, 0.1) is 23.7 Å². The number of likely N-dealkylation sites (N-methyl/N-ethyl adjacent to an activating group) is 1. The lowest BCUT2D eigenvalue weighted by atomic mass is 9.49. The van der Waals surface area contributed by atoms with Crippen molar-refractivity contribution in [2.24, 2.45) is 29.4 Å². The summed E-state index contributed by atoms with van der Waals surface area (Å²) >= 11 is 1.46. The maximum Gasteiger partial charge on any atom is 0.317 e. The molecular weight excluding hydrogens is 572 g/mol. The molecule has 42 heavy (non-hydrogen) atoms. The average Bonchev–Trinajstić information content (AvgIpc) is 2.88. The minimum atomic E-state index is -3.12. The second-order valence-corrected chi connectivity index (χ2v) is 12.3. The monoisotopic (exact) mass is 606 g/mol. The number of thioether (sulfide) groups is 1. The number of rotatable bonds is 9. The lowest BCUT2D eigenvalue weighted by molar-refractivity contribution is -0.208. The fourth-order valence-electron chi connectivity index (χ4n) is 6.84. The largest absolute Gasteiger partial charge is 0.507 e. The van der Waals surface area contributed by atoms with Crippen molar-refractivity contribution in [3.8, 4) is 5.75 Å². The number of hydrogen-bond donors (Lipinski definition) is 5. The Kier molecular flexibility index (Phi) is 8.95. The first-order valence-electron chi connectivity index (χ1n) is 13.5. The molecule has 1 aromatic rings. The van der Waals surface area contributed by atoms with E-state index >= 15 is 0 Å². The van der Waals surface area contributed by atoms with Gasteiger partial charge >= 0.3 is 11.9 Å². The van der Waals surface area contributed by atoms with E-state index in [0.717, 1.165) is 6.42 Å². The highest BCUT2D eigenvalue weighted by atomic mass is 32.2. The maximum absolute atomic E-state index is 14.3. The summed E-state index contributed by atoms with van der Waals surface area (Å²) in [5, 5.41) is 42.2. The number of aliphatic hydroxyl groups excluding tert-OH is 1. The van der Waals surface area contributed by atoms with Crippen LogP contribution in [-0.2, 0) is 28.7 Å². The van der Waals surface area contributed by atoms with E-state index in [4.69, 9.17) is 10.5 Å². The van der Waals surface area contributed by atoms with E-state index < -0.39 is 101 Å². The van der Waals surface area contributed by atoms with Crippen LogP contribution in [0.1, 0.15) is 41.6 Å². The van der Waals surface area contributed by atoms with Crippen molar-refractivity contribution in [2.45, 2.75) is 49.7 Å². The van der Waals surface area contributed by atoms with Gasteiger partial charge in [-0.1, -0.05) is 19.1 Å². The van der Waals surface area contributed by atoms with Gasteiger partial charge in [-0.25, -0.2) is 0 Å². The summed E-state index contributed by atoms with van der Waals surface area (Å²) in [5.41, 5.74) is 2.61. The number of aliphatic hydroxyl groups is 2. The molecule has 228 valence electrons. The summed E-state index contributed by atoms with van der Waals surface area (Å²) in [6.45, 7) is 1.95. The second-order valence-electron chi connectivity index (χ2n) is 11.2. The Morgan fingerprint density at radius 2 is 1.83 bits per heavy atom. The molecule has 13 nitrogen and oxygen atoms in total. The number of ether oxygens (including phenoxy) is 1. The SMILES string of the molecule is CCCSC[C@H]1c2cccc(O)c2C(=O)C2C(=O)[C@]3(O)C(=O)C(C(N)O)C(=O)[C@@H](N(C)C)[C@@H]3[C@@H](OC(=O)CC(=O)O)[C@@H]21. The lowest BCUT2D eigenvalue weighted by Crippen LogP contribution is -2.78. The standard InChI is InChI=1S/C28H34N2O11S/c1-4-8-42-10-12-11-6-5-7-13(31)16(11)22(35)18-17(12)24(41-15(34)9-14(32)33)20-21(30(2)3)23(36)19(27(29)39)26(38)28(20,40)25(18)37/h5-7,12,17-21,24,27,31,39-40H,4,8-10,29H2,1-3H3,(H,32,33)/t12-,17+,18?,19?,20+,21-,24-,27?,28-/m0/s1. The Morgan fingerprint density at radius 3 is 2.40 bits per heavy atom. The quantitative estimate of drug-likeness (QED) is 0.102. The first-order valence-corrected chi connectivity index (χ1v) is 14.6. The van der Waals surface area contributed by atoms with Gasteiger partial charge in [0.1, 0.15) is 30.4 Å². The maximum atomic E-state index is 14.3. The average molecular weight is 607 g/mol. The molecule has 3 aliphatic rings. The third kappa shape index (κ3) is 4.94. The Balaban J connectivity index is 2.02. The number of fused-ring (bicyclic) bond motifs is 3. The van der Waals surface area contributed by atoms with E-state index in [1.54, 1.807) is 6.07 Å². The van der Waals surface area contributed by atoms with Crippen molar-refractivity contribution in [2.75, 3.05) is 25.6 Å². The number of carbonyl (C=O) groups excluding carboxylic acids is 5. The highest BCUT2D eigenvalue weighted by molar-refractivity contribution is 7.99. The van der Waals surface area contributed by atoms with Crippen LogP contribution >= 0.6 is 11.8 Å². The number of carboxylic acid groups (broad SMARTS) is 1. The zero-order chi connectivity index (χ0) is 31.3. The van der Waals surface area contributed by atoms with Gasteiger partial charge < -0.3 is 30.9 Å². The van der Waals surface area contributed by atoms with E-state index in [9.17, 15) is 49.2 Å². The van der Waals surface area contributed by atoms with Gasteiger partial charge in [-0.3, -0.25) is 33.7 Å². The molecular formula is C28H34N2O11S. The molecule has 6 N–H and O–H groups in total. The number of nitrogens with zero attached hydrogens (tertiary/aromatic N) is 1. The number of aliphatic carboxylic acids is 1. The van der Waals surface area contributed by atoms with E-state index in [2.05, 4.69) is 0 Å². The molecule has 9 atom stereocenters. The fraction of sp³-hybridized carbons (Fsp3) is 0.571. The first kappa shape index (κ1) is 31.8. The van der Waals surface area contributed by atoms with E-state index in [1.165, 1.54) is 42.9 Å². The molecule has 0 radical (unpaired) electrons. The van der Waals surface area contributed by atoms with Gasteiger partial charge in [0.2, 0.25) is 0 Å². The molecule has 0 aliphatic heterocycles. The fourth-order valence-corrected chi connectivity index (χ4v) is 7.95. The van der Waals surface area contributed by atoms with Crippen molar-refractivity contribution < 1.29 is 53.9 Å². The third-order valence-corrected chi connectivity index (χ3v) is 9.72. The molecule has 2 saturated carbocycles. The van der Waals surface area contributed by atoms with Gasteiger partial charge in [-0.15, -0.1) is 0 Å². The Bertz CT molecular complexity index is 1330. The van der Waals surface area contributed by atoms with Crippen molar-refractivity contribution in [3.63, 3.8) is 0 Å². The minimum Gasteiger partial charge on any atom is -0.507 e. The van der Waals surface area contributed by atoms with Crippen LogP contribution in [0.15, 0.2) is 18.2 Å². The number of nitrogens with two attached hydrogens (primary N) is 1. The van der Waals surface area contributed by atoms with Crippen molar-refractivity contribution in [1.82, 2.24) is 4.90 Å². The molecule has 1 aromatic carbocycles. The van der Waals surface area contributed by atoms with E-state index in [1.807, 2.05) is 6.92 Å². The summed E-state index contributed by atoms with van der Waals surface area (Å²) < 4.78 is 5.68. The second kappa shape index (κ2) is 11.8. The molecule has 3 unspecified atom stereocenters. The number of hydrogen-bond acceptors (Lipinski definition) is 13. The molecule has 0 heterocycles. The molecule has 0 aromatic heterocycles. The van der Waals surface area contributed by atoms with Crippen LogP contribution in [0.25, 0.3) is 0 Å². The number of benzene rings is 1. The highest BCUT2D eigenvalue weighted by Gasteiger charge is 2.74. The predicted molar refractivity (Wildman–Crippen MR) is 147 cm³/mol. The smallest absolute Gasteiger partial charge is 0.317 e. The lowest BCUT2D eigenvalue weighted by Gasteiger charge is -2.57. The van der Waals surface area contributed by atoms with Crippen LogP contribution in [0.3, 0.4) is 0 Å². The molecule has 0 amide bonds. The van der Waals surface area contributed by atoms with Crippen LogP contribution < -0.4 is 5.73 Å². The molecule has 0 spiro atoms. The first-order chi connectivity index (χ1) is 19.7. The minimum absolute atomic E-state index is 0.175. The molecule has 14 heteroatoms. The van der Waals surface area contributed by atoms with Gasteiger partial charge in [0.25, 0.3) is 0 Å². The van der Waals surface area contributed by atoms with Gasteiger partial charge in [-0.2, -0.15) is 11.8 Å². The van der Waals surface area contributed by atoms with Crippen molar-refractivity contribution in [1.29, 1.82) is 0 Å². The summed E-state index contributed by atoms with van der Waals surface area (Å²) in [4.78, 5) is 81.2. The number of carboxylic acids is 1. The Hall–Kier alpha value is -3.17. The summed E-state index contributed by atoms with van der Waals surface area (Å²) in [5.74, 6) is -14.4. The molecule has 0 saturated heterocycles. The van der Waals surface area contributed by atoms with Gasteiger partial charge in [0.05, 0.1) is 23.4 Å². The van der Waals surface area contributed by atoms with Gasteiger partial charge in [-0.05, 0) is 37.9 Å². The normalized spacial score (nSPS) is 33.1. The number of phenols is 1. The molecule has 4 rings (SSSR count). The zero-order valence-corrected chi connectivity index (χ0v) is 24.1. The van der Waals surface area contributed by atoms with Crippen molar-refractivity contribution >= 4 is 46.8 Å². The Morgan fingerprint density at radius 1 is 1.17 bits per heavy atom. The van der Waals surface area contributed by atoms with Crippen LogP contribution in [0.4, 0.5) is 0 Å². The number of ketones is 4.